The number of esters is 4. The third-order valence-corrected chi connectivity index (χ3v) is 17.5. The zero-order valence-electron chi connectivity index (χ0n) is 55.5. The number of aryl methyl sites for hydroxylation is 6. The summed E-state index contributed by atoms with van der Waals surface area (Å²) in [6, 6.07) is 72.0. The number of rotatable bonds is 27. The predicted molar refractivity (Wildman–Crippen MR) is 389 cm³/mol. The van der Waals surface area contributed by atoms with Crippen LogP contribution in [-0.4, -0.2) is 23.9 Å². The molecule has 0 saturated heterocycles. The van der Waals surface area contributed by atoms with Crippen LogP contribution in [0.4, 0.5) is 34.1 Å². The van der Waals surface area contributed by atoms with Crippen molar-refractivity contribution in [2.24, 2.45) is 11.8 Å². The van der Waals surface area contributed by atoms with Crippen molar-refractivity contribution in [3.05, 3.63) is 334 Å². The normalized spacial score (nSPS) is 11.0. The van der Waals surface area contributed by atoms with Gasteiger partial charge in [0.15, 0.2) is 11.8 Å². The van der Waals surface area contributed by atoms with E-state index < -0.39 is 35.7 Å². The highest BCUT2D eigenvalue weighted by atomic mass is 16.6. The second-order valence-electron chi connectivity index (χ2n) is 24.3. The van der Waals surface area contributed by atoms with Crippen molar-refractivity contribution in [3.63, 3.8) is 0 Å². The van der Waals surface area contributed by atoms with Crippen LogP contribution in [0.25, 0.3) is 35.4 Å². The molecule has 0 bridgehead atoms. The zero-order chi connectivity index (χ0) is 67.8. The number of carbonyl (C=O) groups is 4. The SMILES string of the molecule is C=Cc1ccc(COC(=O)C(Cc2ccc(N(c3ccc(C)c(C)c3)c3ccc(-c4ccc(N(c5ccc(CC(C(=O)OCc6ccc(C=C)cc6)C(=O)OCc6ccc(C=C)cc6)cc5)c5ccc(C)c(C)c5)c(C)c4)cc3C)cc2)C(=O)OCc2ccc(C=C)cc2)cc1. The maximum absolute atomic E-state index is 13.9. The first kappa shape index (κ1) is 67.5. The first-order valence-corrected chi connectivity index (χ1v) is 32.1. The summed E-state index contributed by atoms with van der Waals surface area (Å²) >= 11 is 0. The molecule has 10 rings (SSSR count). The standard InChI is InChI=1S/C86H80N2O8/c1-11-63-17-25-69(26-18-63)53-93-83(89)79(84(90)94-54-70-27-19-64(12-2)20-28-70)51-67-33-41-75(42-34-67)87(77-39-15-57(5)59(7)49-77)81-45-37-73(47-61(81)9)74-38-46-82(62(10)48-74)88(78-40-16-58(6)60(8)50-78)76-43-35-68(36-44-76)52-80(85(91)95-55-71-29-21-65(13-3)22-30-71)86(92)96-56-72-31-23-66(14-4)24-32-72/h11-50,79-80H,1-4,51-56H2,5-10H3. The van der Waals surface area contributed by atoms with E-state index in [-0.39, 0.29) is 39.3 Å². The topological polar surface area (TPSA) is 112 Å². The van der Waals surface area contributed by atoms with Crippen molar-refractivity contribution < 1.29 is 38.1 Å². The van der Waals surface area contributed by atoms with Gasteiger partial charge in [-0.15, -0.1) is 0 Å². The minimum absolute atomic E-state index is 0.00431. The van der Waals surface area contributed by atoms with E-state index in [1.54, 1.807) is 24.3 Å². The molecule has 10 aromatic carbocycles. The predicted octanol–water partition coefficient (Wildman–Crippen LogP) is 20.0. The molecule has 0 N–H and O–H groups in total. The largest absolute Gasteiger partial charge is 0.460 e. The van der Waals surface area contributed by atoms with Gasteiger partial charge >= 0.3 is 23.9 Å². The van der Waals surface area contributed by atoms with Crippen molar-refractivity contribution in [1.82, 2.24) is 0 Å². The minimum Gasteiger partial charge on any atom is -0.460 e. The molecule has 10 nitrogen and oxygen atoms in total. The third kappa shape index (κ3) is 16.9. The zero-order valence-corrected chi connectivity index (χ0v) is 55.5. The fourth-order valence-corrected chi connectivity index (χ4v) is 11.3. The average Bonchev–Trinajstić information content (AvgIpc) is 0.793. The van der Waals surface area contributed by atoms with Gasteiger partial charge in [0.2, 0.25) is 0 Å². The quantitative estimate of drug-likeness (QED) is 0.0280. The molecule has 0 aliphatic rings. The van der Waals surface area contributed by atoms with Gasteiger partial charge < -0.3 is 28.7 Å². The van der Waals surface area contributed by atoms with Gasteiger partial charge in [0, 0.05) is 34.1 Å². The lowest BCUT2D eigenvalue weighted by Crippen LogP contribution is -2.30. The van der Waals surface area contributed by atoms with Crippen molar-refractivity contribution in [2.75, 3.05) is 9.80 Å². The number of ether oxygens (including phenoxy) is 4. The number of anilines is 6. The lowest BCUT2D eigenvalue weighted by molar-refractivity contribution is -0.165. The van der Waals surface area contributed by atoms with E-state index >= 15 is 0 Å². The molecule has 0 aliphatic heterocycles. The molecular formula is C86H80N2O8. The molecule has 96 heavy (non-hydrogen) atoms. The van der Waals surface area contributed by atoms with E-state index in [4.69, 9.17) is 18.9 Å². The summed E-state index contributed by atoms with van der Waals surface area (Å²) in [6.07, 6.45) is 7.11. The van der Waals surface area contributed by atoms with E-state index in [0.717, 1.165) is 123 Å². The molecule has 10 heteroatoms. The summed E-state index contributed by atoms with van der Waals surface area (Å²) in [5.74, 6) is -5.12. The second-order valence-corrected chi connectivity index (χ2v) is 24.3. The number of hydrogen-bond donors (Lipinski definition) is 0. The maximum atomic E-state index is 13.9. The molecule has 0 radical (unpaired) electrons. The molecule has 0 amide bonds. The smallest absolute Gasteiger partial charge is 0.321 e. The fraction of sp³-hybridized carbons (Fsp3) is 0.163. The molecule has 0 unspecified atom stereocenters. The molecule has 0 aromatic heterocycles. The van der Waals surface area contributed by atoms with Crippen molar-refractivity contribution >= 4 is 82.3 Å². The van der Waals surface area contributed by atoms with Gasteiger partial charge in [0.05, 0.1) is 0 Å². The molecule has 0 spiro atoms. The molecule has 0 heterocycles. The van der Waals surface area contributed by atoms with E-state index in [0.29, 0.717) is 0 Å². The van der Waals surface area contributed by atoms with Gasteiger partial charge in [-0.2, -0.15) is 0 Å². The van der Waals surface area contributed by atoms with Crippen LogP contribution >= 0.6 is 0 Å². The maximum Gasteiger partial charge on any atom is 0.321 e. The monoisotopic (exact) mass is 1270 g/mol. The van der Waals surface area contributed by atoms with Gasteiger partial charge in [0.1, 0.15) is 26.4 Å². The van der Waals surface area contributed by atoms with Crippen molar-refractivity contribution in [3.8, 4) is 11.1 Å². The molecule has 0 saturated carbocycles. The Hall–Kier alpha value is -11.4. The van der Waals surface area contributed by atoms with Crippen molar-refractivity contribution in [1.29, 1.82) is 0 Å². The summed E-state index contributed by atoms with van der Waals surface area (Å²) in [7, 11) is 0. The average molecular weight is 1270 g/mol. The van der Waals surface area contributed by atoms with Crippen LogP contribution in [-0.2, 0) is 77.4 Å². The van der Waals surface area contributed by atoms with Crippen LogP contribution in [0.1, 0.15) is 89.0 Å². The first-order valence-electron chi connectivity index (χ1n) is 32.1. The van der Waals surface area contributed by atoms with Crippen molar-refractivity contribution in [2.45, 2.75) is 80.8 Å². The summed E-state index contributed by atoms with van der Waals surface area (Å²) in [5, 5.41) is 0. The Morgan fingerprint density at radius 1 is 0.302 bits per heavy atom. The van der Waals surface area contributed by atoms with Crippen LogP contribution in [0.2, 0.25) is 0 Å². The Labute approximate surface area is 564 Å². The van der Waals surface area contributed by atoms with Gasteiger partial charge in [-0.25, -0.2) is 0 Å². The van der Waals surface area contributed by atoms with Gasteiger partial charge in [-0.05, 0) is 227 Å². The van der Waals surface area contributed by atoms with E-state index in [2.05, 4.69) is 150 Å². The number of hydrogen-bond acceptors (Lipinski definition) is 10. The number of nitrogens with zero attached hydrogens (tertiary/aromatic N) is 2. The van der Waals surface area contributed by atoms with Gasteiger partial charge in [0.25, 0.3) is 0 Å². The van der Waals surface area contributed by atoms with Gasteiger partial charge in [-0.3, -0.25) is 19.2 Å². The highest BCUT2D eigenvalue weighted by Gasteiger charge is 2.33. The van der Waals surface area contributed by atoms with Gasteiger partial charge in [-0.1, -0.05) is 196 Å². The van der Waals surface area contributed by atoms with E-state index in [9.17, 15) is 19.2 Å². The third-order valence-electron chi connectivity index (χ3n) is 17.5. The molecule has 0 fully saturated rings. The molecule has 0 aliphatic carbocycles. The molecule has 482 valence electrons. The second kappa shape index (κ2) is 31.5. The first-order chi connectivity index (χ1) is 46.5. The highest BCUT2D eigenvalue weighted by molar-refractivity contribution is 5.96. The summed E-state index contributed by atoms with van der Waals surface area (Å²) in [6.45, 7) is 28.0. The summed E-state index contributed by atoms with van der Waals surface area (Å²) in [4.78, 5) is 60.3. The van der Waals surface area contributed by atoms with Crippen LogP contribution in [0.15, 0.2) is 245 Å². The van der Waals surface area contributed by atoms with E-state index in [1.165, 1.54) is 11.1 Å². The number of benzene rings is 10. The Morgan fingerprint density at radius 3 is 0.812 bits per heavy atom. The Morgan fingerprint density at radius 2 is 0.562 bits per heavy atom. The van der Waals surface area contributed by atoms with Crippen LogP contribution in [0, 0.1) is 53.4 Å². The summed E-state index contributed by atoms with van der Waals surface area (Å²) < 4.78 is 23.2. The Kier molecular flexibility index (Phi) is 22.2. The lowest BCUT2D eigenvalue weighted by atomic mass is 9.97. The van der Waals surface area contributed by atoms with Crippen LogP contribution in [0.5, 0.6) is 0 Å². The molecule has 0 atom stereocenters. The number of carbonyl (C=O) groups excluding carboxylic acids is 4. The lowest BCUT2D eigenvalue weighted by Gasteiger charge is -2.29. The molecular weight excluding hydrogens is 1190 g/mol. The van der Waals surface area contributed by atoms with Crippen LogP contribution in [0.3, 0.4) is 0 Å². The van der Waals surface area contributed by atoms with E-state index in [1.807, 2.05) is 146 Å². The highest BCUT2D eigenvalue weighted by Crippen LogP contribution is 2.42. The summed E-state index contributed by atoms with van der Waals surface area (Å²) in [5.41, 5.74) is 22.9. The Balaban J connectivity index is 0.902. The molecule has 10 aromatic rings. The minimum atomic E-state index is -1.22. The Bertz CT molecular complexity index is 4030. The fourth-order valence-electron chi connectivity index (χ4n) is 11.3. The van der Waals surface area contributed by atoms with Crippen LogP contribution < -0.4 is 9.80 Å².